The van der Waals surface area contributed by atoms with Crippen molar-refractivity contribution in [2.24, 2.45) is 0 Å². The Morgan fingerprint density at radius 1 is 0.413 bits per heavy atom. The van der Waals surface area contributed by atoms with E-state index in [1.165, 1.54) is 10.8 Å². The van der Waals surface area contributed by atoms with Crippen molar-refractivity contribution in [1.82, 2.24) is 19.5 Å². The molecule has 0 spiro atoms. The molecule has 0 saturated carbocycles. The Morgan fingerprint density at radius 3 is 1.63 bits per heavy atom. The van der Waals surface area contributed by atoms with E-state index in [0.717, 1.165) is 55.3 Å². The number of fused-ring (bicyclic) bond motifs is 6. The molecule has 0 bridgehead atoms. The third-order valence-corrected chi connectivity index (χ3v) is 8.25. The molecule has 0 amide bonds. The first kappa shape index (κ1) is 27.5. The number of rotatable bonds is 4. The molecule has 9 aromatic rings. The summed E-state index contributed by atoms with van der Waals surface area (Å²) in [6.45, 7) is 4.00. The Balaban J connectivity index is 0.00000153. The summed E-state index contributed by atoms with van der Waals surface area (Å²) in [5.74, 6) is 1.83. The maximum Gasteiger partial charge on any atom is 0.164 e. The highest BCUT2D eigenvalue weighted by atomic mass is 16.3. The fourth-order valence-corrected chi connectivity index (χ4v) is 6.20. The van der Waals surface area contributed by atoms with Crippen molar-refractivity contribution in [2.45, 2.75) is 13.8 Å². The van der Waals surface area contributed by atoms with E-state index in [4.69, 9.17) is 19.4 Å². The van der Waals surface area contributed by atoms with E-state index >= 15 is 0 Å². The number of para-hydroxylation sites is 3. The second-order valence-corrected chi connectivity index (χ2v) is 10.9. The Labute approximate surface area is 266 Å². The van der Waals surface area contributed by atoms with E-state index in [1.807, 2.05) is 68.4 Å². The van der Waals surface area contributed by atoms with Crippen LogP contribution in [0.25, 0.3) is 83.6 Å². The Kier molecular flexibility index (Phi) is 6.84. The molecule has 0 atom stereocenters. The molecule has 0 saturated heterocycles. The highest BCUT2D eigenvalue weighted by Gasteiger charge is 2.16. The summed E-state index contributed by atoms with van der Waals surface area (Å²) in [4.78, 5) is 15.0. The molecule has 5 nitrogen and oxygen atoms in total. The molecule has 0 N–H and O–H groups in total. The van der Waals surface area contributed by atoms with Crippen LogP contribution in [-0.2, 0) is 0 Å². The zero-order chi connectivity index (χ0) is 31.0. The molecule has 0 aliphatic carbocycles. The van der Waals surface area contributed by atoms with Gasteiger partial charge in [0, 0.05) is 43.9 Å². The van der Waals surface area contributed by atoms with E-state index < -0.39 is 0 Å². The molecule has 3 heterocycles. The number of furan rings is 1. The summed E-state index contributed by atoms with van der Waals surface area (Å²) >= 11 is 0. The maximum atomic E-state index is 6.20. The second-order valence-electron chi connectivity index (χ2n) is 10.9. The van der Waals surface area contributed by atoms with Gasteiger partial charge in [-0.1, -0.05) is 117 Å². The molecule has 9 rings (SSSR count). The topological polar surface area (TPSA) is 56.7 Å². The van der Waals surface area contributed by atoms with E-state index in [9.17, 15) is 0 Å². The van der Waals surface area contributed by atoms with Crippen LogP contribution >= 0.6 is 0 Å². The van der Waals surface area contributed by atoms with Gasteiger partial charge in [-0.05, 0) is 42.5 Å². The lowest BCUT2D eigenvalue weighted by Gasteiger charge is -2.11. The summed E-state index contributed by atoms with van der Waals surface area (Å²) in [7, 11) is 0. The van der Waals surface area contributed by atoms with Crippen molar-refractivity contribution in [3.8, 4) is 39.9 Å². The minimum Gasteiger partial charge on any atom is -0.456 e. The van der Waals surface area contributed by atoms with Gasteiger partial charge in [-0.15, -0.1) is 0 Å². The van der Waals surface area contributed by atoms with E-state index in [-0.39, 0.29) is 0 Å². The first-order chi connectivity index (χ1) is 22.8. The molecule has 220 valence electrons. The van der Waals surface area contributed by atoms with Crippen molar-refractivity contribution < 1.29 is 4.42 Å². The minimum atomic E-state index is 0.596. The monoisotopic (exact) mass is 594 g/mol. The van der Waals surface area contributed by atoms with Crippen molar-refractivity contribution in [1.29, 1.82) is 0 Å². The highest BCUT2D eigenvalue weighted by molar-refractivity contribution is 6.09. The predicted molar refractivity (Wildman–Crippen MR) is 189 cm³/mol. The van der Waals surface area contributed by atoms with Crippen molar-refractivity contribution in [3.63, 3.8) is 0 Å². The van der Waals surface area contributed by atoms with Crippen LogP contribution in [0.5, 0.6) is 0 Å². The van der Waals surface area contributed by atoms with Crippen LogP contribution in [0.15, 0.2) is 150 Å². The van der Waals surface area contributed by atoms with Crippen LogP contribution in [0.3, 0.4) is 0 Å². The lowest BCUT2D eigenvalue weighted by Crippen LogP contribution is -2.01. The van der Waals surface area contributed by atoms with Crippen molar-refractivity contribution in [2.75, 3.05) is 0 Å². The molecule has 0 radical (unpaired) electrons. The fraction of sp³-hybridized carbons (Fsp3) is 0.0488. The molecule has 0 aliphatic heterocycles. The average molecular weight is 595 g/mol. The summed E-state index contributed by atoms with van der Waals surface area (Å²) in [6, 6.07) is 49.8. The van der Waals surface area contributed by atoms with Gasteiger partial charge in [0.1, 0.15) is 11.2 Å². The largest absolute Gasteiger partial charge is 0.456 e. The van der Waals surface area contributed by atoms with Crippen LogP contribution in [0.1, 0.15) is 13.8 Å². The van der Waals surface area contributed by atoms with Gasteiger partial charge in [0.25, 0.3) is 0 Å². The van der Waals surface area contributed by atoms with Crippen LogP contribution in [-0.4, -0.2) is 19.5 Å². The quantitative estimate of drug-likeness (QED) is 0.203. The molecule has 3 aromatic heterocycles. The summed E-state index contributed by atoms with van der Waals surface area (Å²) < 4.78 is 8.51. The van der Waals surface area contributed by atoms with Crippen LogP contribution in [0.2, 0.25) is 0 Å². The van der Waals surface area contributed by atoms with Crippen LogP contribution in [0.4, 0.5) is 0 Å². The predicted octanol–water partition coefficient (Wildman–Crippen LogP) is 10.9. The fourth-order valence-electron chi connectivity index (χ4n) is 6.20. The van der Waals surface area contributed by atoms with Gasteiger partial charge in [0.05, 0.1) is 11.0 Å². The third-order valence-electron chi connectivity index (χ3n) is 8.25. The van der Waals surface area contributed by atoms with Gasteiger partial charge in [-0.25, -0.2) is 15.0 Å². The zero-order valence-electron chi connectivity index (χ0n) is 25.6. The number of nitrogens with zero attached hydrogens (tertiary/aromatic N) is 4. The number of benzene rings is 6. The molecular formula is C41H30N4O. The first-order valence-corrected chi connectivity index (χ1v) is 15.6. The van der Waals surface area contributed by atoms with Gasteiger partial charge in [-0.3, -0.25) is 0 Å². The molecule has 46 heavy (non-hydrogen) atoms. The third kappa shape index (κ3) is 4.61. The highest BCUT2D eigenvalue weighted by Crippen LogP contribution is 2.35. The summed E-state index contributed by atoms with van der Waals surface area (Å²) in [6.07, 6.45) is 0. The molecule has 0 aliphatic rings. The summed E-state index contributed by atoms with van der Waals surface area (Å²) in [5, 5.41) is 4.62. The molecular weight excluding hydrogens is 564 g/mol. The Hall–Kier alpha value is -6.07. The number of aromatic nitrogens is 4. The molecule has 0 fully saturated rings. The first-order valence-electron chi connectivity index (χ1n) is 15.6. The van der Waals surface area contributed by atoms with E-state index in [1.54, 1.807) is 0 Å². The maximum absolute atomic E-state index is 6.20. The second kappa shape index (κ2) is 11.5. The van der Waals surface area contributed by atoms with Gasteiger partial charge >= 0.3 is 0 Å². The number of hydrogen-bond donors (Lipinski definition) is 0. The van der Waals surface area contributed by atoms with E-state index in [0.29, 0.717) is 17.5 Å². The Morgan fingerprint density at radius 2 is 0.935 bits per heavy atom. The number of hydrogen-bond acceptors (Lipinski definition) is 4. The molecule has 6 aromatic carbocycles. The van der Waals surface area contributed by atoms with Crippen LogP contribution < -0.4 is 0 Å². The standard InChI is InChI=1S/C39H24N4O.C2H6/c1-2-11-25(12-3-1)37-40-38(42-39(41-37)27-21-22-32-31-17-6-9-20-35(31)44-36(32)24-27)26-13-10-14-28(23-26)43-33-18-7-4-15-29(33)30-16-5-8-19-34(30)43;1-2/h1-24H;1-2H3. The SMILES string of the molecule is CC.c1ccc(-c2nc(-c3cccc(-n4c5ccccc5c5ccccc54)c3)nc(-c3ccc4c(c3)oc3ccccc34)n2)cc1. The molecule has 5 heteroatoms. The van der Waals surface area contributed by atoms with Gasteiger partial charge in [0.2, 0.25) is 0 Å². The average Bonchev–Trinajstić information content (AvgIpc) is 3.68. The van der Waals surface area contributed by atoms with Gasteiger partial charge in [-0.2, -0.15) is 0 Å². The van der Waals surface area contributed by atoms with Gasteiger partial charge in [0.15, 0.2) is 17.5 Å². The van der Waals surface area contributed by atoms with Gasteiger partial charge < -0.3 is 8.98 Å². The minimum absolute atomic E-state index is 0.596. The van der Waals surface area contributed by atoms with Crippen molar-refractivity contribution >= 4 is 43.7 Å². The smallest absolute Gasteiger partial charge is 0.164 e. The Bertz CT molecular complexity index is 2460. The van der Waals surface area contributed by atoms with Crippen molar-refractivity contribution in [3.05, 3.63) is 146 Å². The van der Waals surface area contributed by atoms with E-state index in [2.05, 4.69) is 95.6 Å². The van der Waals surface area contributed by atoms with Crippen LogP contribution in [0, 0.1) is 0 Å². The summed E-state index contributed by atoms with van der Waals surface area (Å²) in [5.41, 5.74) is 7.75. The normalized spacial score (nSPS) is 11.3. The molecule has 0 unspecified atom stereocenters. The lowest BCUT2D eigenvalue weighted by molar-refractivity contribution is 0.669. The lowest BCUT2D eigenvalue weighted by atomic mass is 10.1. The zero-order valence-corrected chi connectivity index (χ0v) is 25.6.